The fourth-order valence-corrected chi connectivity index (χ4v) is 6.72. The zero-order valence-electron chi connectivity index (χ0n) is 28.1. The van der Waals surface area contributed by atoms with Crippen molar-refractivity contribution in [1.29, 1.82) is 5.26 Å². The van der Waals surface area contributed by atoms with Crippen LogP contribution in [0.2, 0.25) is 10.0 Å². The summed E-state index contributed by atoms with van der Waals surface area (Å²) in [6, 6.07) is 22.6. The zero-order valence-corrected chi connectivity index (χ0v) is 29.7. The molecule has 50 heavy (non-hydrogen) atoms. The summed E-state index contributed by atoms with van der Waals surface area (Å²) in [6.45, 7) is 5.45. The van der Waals surface area contributed by atoms with Crippen molar-refractivity contribution in [3.8, 4) is 6.07 Å². The number of hydrogen-bond donors (Lipinski definition) is 0. The third kappa shape index (κ3) is 9.64. The van der Waals surface area contributed by atoms with Crippen LogP contribution >= 0.6 is 23.2 Å². The van der Waals surface area contributed by atoms with Crippen LogP contribution in [0.5, 0.6) is 0 Å². The molecule has 0 saturated carbocycles. The molecule has 12 heteroatoms. The predicted molar refractivity (Wildman–Crippen MR) is 191 cm³/mol. The minimum Gasteiger partial charge on any atom is -0.468 e. The Kier molecular flexibility index (Phi) is 12.9. The van der Waals surface area contributed by atoms with E-state index in [2.05, 4.69) is 15.9 Å². The van der Waals surface area contributed by atoms with Gasteiger partial charge in [-0.3, -0.25) is 14.5 Å². The van der Waals surface area contributed by atoms with Crippen molar-refractivity contribution in [3.63, 3.8) is 0 Å². The van der Waals surface area contributed by atoms with Gasteiger partial charge in [0.2, 0.25) is 0 Å². The summed E-state index contributed by atoms with van der Waals surface area (Å²) in [5.41, 5.74) is 1.93. The SMILES string of the molecule is CC(=O)OCC(=O)OCCC(c1ccco1)N1CCN(CC[C@H](CN(C)C(=O)c2cc(C#N)cc3ccccc23)c2ccc(Cl)c(Cl)c2)CC1. The minimum absolute atomic E-state index is 0.0281. The van der Waals surface area contributed by atoms with Gasteiger partial charge in [0.15, 0.2) is 6.61 Å². The number of nitrogens with zero attached hydrogens (tertiary/aromatic N) is 4. The number of hydrogen-bond acceptors (Lipinski definition) is 9. The second-order valence-electron chi connectivity index (χ2n) is 12.4. The number of ether oxygens (including phenoxy) is 2. The summed E-state index contributed by atoms with van der Waals surface area (Å²) in [5, 5.41) is 12.2. The summed E-state index contributed by atoms with van der Waals surface area (Å²) in [7, 11) is 1.79. The van der Waals surface area contributed by atoms with Crippen LogP contribution in [0, 0.1) is 11.3 Å². The van der Waals surface area contributed by atoms with Gasteiger partial charge in [-0.2, -0.15) is 5.26 Å². The first-order chi connectivity index (χ1) is 24.1. The number of carbonyl (C=O) groups is 3. The normalized spacial score (nSPS) is 14.9. The van der Waals surface area contributed by atoms with E-state index in [1.807, 2.05) is 48.5 Å². The molecule has 2 heterocycles. The number of carbonyl (C=O) groups excluding carboxylic acids is 3. The van der Waals surface area contributed by atoms with Gasteiger partial charge >= 0.3 is 11.9 Å². The third-order valence-electron chi connectivity index (χ3n) is 9.04. The number of amides is 1. The van der Waals surface area contributed by atoms with E-state index >= 15 is 0 Å². The van der Waals surface area contributed by atoms with E-state index in [9.17, 15) is 19.6 Å². The van der Waals surface area contributed by atoms with Gasteiger partial charge in [-0.1, -0.05) is 53.5 Å². The highest BCUT2D eigenvalue weighted by molar-refractivity contribution is 6.42. The van der Waals surface area contributed by atoms with E-state index in [-0.39, 0.29) is 24.5 Å². The number of fused-ring (bicyclic) bond motifs is 1. The maximum absolute atomic E-state index is 13.9. The van der Waals surface area contributed by atoms with Crippen LogP contribution < -0.4 is 0 Å². The van der Waals surface area contributed by atoms with E-state index < -0.39 is 18.5 Å². The molecule has 1 aliphatic heterocycles. The molecule has 0 spiro atoms. The van der Waals surface area contributed by atoms with Crippen LogP contribution in [-0.4, -0.2) is 92.1 Å². The van der Waals surface area contributed by atoms with E-state index in [4.69, 9.17) is 37.1 Å². The minimum atomic E-state index is -0.587. The monoisotopic (exact) mass is 718 g/mol. The molecule has 1 amide bonds. The molecule has 3 aromatic carbocycles. The van der Waals surface area contributed by atoms with Crippen LogP contribution in [0.1, 0.15) is 59.0 Å². The summed E-state index contributed by atoms with van der Waals surface area (Å²) in [5.74, 6) is -0.503. The summed E-state index contributed by atoms with van der Waals surface area (Å²) in [4.78, 5) is 43.3. The van der Waals surface area contributed by atoms with Crippen molar-refractivity contribution in [3.05, 3.63) is 105 Å². The Labute approximate surface area is 302 Å². The predicted octanol–water partition coefficient (Wildman–Crippen LogP) is 6.71. The Morgan fingerprint density at radius 2 is 1.74 bits per heavy atom. The number of furan rings is 1. The maximum Gasteiger partial charge on any atom is 0.344 e. The van der Waals surface area contributed by atoms with Crippen molar-refractivity contribution in [2.75, 3.05) is 59.5 Å². The summed E-state index contributed by atoms with van der Waals surface area (Å²) >= 11 is 12.7. The highest BCUT2D eigenvalue weighted by Crippen LogP contribution is 2.31. The summed E-state index contributed by atoms with van der Waals surface area (Å²) < 4.78 is 15.8. The van der Waals surface area contributed by atoms with Crippen LogP contribution in [-0.2, 0) is 19.1 Å². The lowest BCUT2D eigenvalue weighted by Crippen LogP contribution is -2.48. The third-order valence-corrected chi connectivity index (χ3v) is 9.78. The first-order valence-corrected chi connectivity index (χ1v) is 17.3. The first kappa shape index (κ1) is 36.9. The zero-order chi connectivity index (χ0) is 35.6. The second kappa shape index (κ2) is 17.5. The van der Waals surface area contributed by atoms with Gasteiger partial charge in [0.25, 0.3) is 5.91 Å². The van der Waals surface area contributed by atoms with E-state index in [0.29, 0.717) is 34.1 Å². The Hall–Kier alpha value is -4.40. The van der Waals surface area contributed by atoms with Crippen molar-refractivity contribution < 1.29 is 28.3 Å². The number of likely N-dealkylation sites (N-methyl/N-ethyl adjacent to an activating group) is 1. The second-order valence-corrected chi connectivity index (χ2v) is 13.2. The molecule has 1 unspecified atom stereocenters. The number of benzene rings is 3. The van der Waals surface area contributed by atoms with Crippen molar-refractivity contribution in [1.82, 2.24) is 14.7 Å². The van der Waals surface area contributed by atoms with Gasteiger partial charge in [-0.05, 0) is 65.7 Å². The molecule has 262 valence electrons. The molecule has 1 aromatic heterocycles. The average Bonchev–Trinajstić information content (AvgIpc) is 3.66. The molecular formula is C38H40Cl2N4O6. The summed E-state index contributed by atoms with van der Waals surface area (Å²) in [6.07, 6.45) is 2.94. The lowest BCUT2D eigenvalue weighted by molar-refractivity contribution is -0.157. The fourth-order valence-electron chi connectivity index (χ4n) is 6.41. The molecule has 4 aromatic rings. The standard InChI is InChI=1S/C38H40Cl2N4O6/c1-26(45)50-25-37(46)49-19-12-35(36-8-5-18-48-36)44-16-14-43(15-17-44)13-11-30(28-9-10-33(39)34(40)22-28)24-42(2)38(47)32-21-27(23-41)20-29-6-3-4-7-31(29)32/h3-10,18,20-22,30,35H,11-17,19,24-25H2,1-2H3/t30-,35?/m1/s1. The van der Waals surface area contributed by atoms with Crippen LogP contribution in [0.3, 0.4) is 0 Å². The number of nitriles is 1. The molecule has 1 aliphatic rings. The number of halogens is 2. The Balaban J connectivity index is 1.23. The van der Waals surface area contributed by atoms with Gasteiger partial charge in [0, 0.05) is 64.6 Å². The highest BCUT2D eigenvalue weighted by Gasteiger charge is 2.28. The van der Waals surface area contributed by atoms with E-state index in [1.165, 1.54) is 6.92 Å². The molecule has 0 N–H and O–H groups in total. The van der Waals surface area contributed by atoms with Crippen LogP contribution in [0.15, 0.2) is 77.4 Å². The average molecular weight is 720 g/mol. The molecule has 0 aliphatic carbocycles. The van der Waals surface area contributed by atoms with Crippen LogP contribution in [0.4, 0.5) is 0 Å². The van der Waals surface area contributed by atoms with Crippen molar-refractivity contribution >= 4 is 51.8 Å². The molecule has 10 nitrogen and oxygen atoms in total. The quantitative estimate of drug-likeness (QED) is 0.131. The lowest BCUT2D eigenvalue weighted by Gasteiger charge is -2.39. The molecule has 5 rings (SSSR count). The molecule has 0 bridgehead atoms. The van der Waals surface area contributed by atoms with Gasteiger partial charge < -0.3 is 23.7 Å². The van der Waals surface area contributed by atoms with E-state index in [1.54, 1.807) is 36.4 Å². The van der Waals surface area contributed by atoms with Gasteiger partial charge in [-0.25, -0.2) is 4.79 Å². The van der Waals surface area contributed by atoms with Crippen molar-refractivity contribution in [2.45, 2.75) is 31.7 Å². The van der Waals surface area contributed by atoms with Gasteiger partial charge in [0.1, 0.15) is 5.76 Å². The Morgan fingerprint density at radius 3 is 2.44 bits per heavy atom. The first-order valence-electron chi connectivity index (χ1n) is 16.5. The largest absolute Gasteiger partial charge is 0.468 e. The fraction of sp³-hybridized carbons (Fsp3) is 0.368. The molecular weight excluding hydrogens is 679 g/mol. The van der Waals surface area contributed by atoms with E-state index in [0.717, 1.165) is 61.2 Å². The highest BCUT2D eigenvalue weighted by atomic mass is 35.5. The molecule has 1 fully saturated rings. The van der Waals surface area contributed by atoms with Gasteiger partial charge in [-0.15, -0.1) is 0 Å². The smallest absolute Gasteiger partial charge is 0.344 e. The number of piperazine rings is 1. The lowest BCUT2D eigenvalue weighted by atomic mass is 9.94. The van der Waals surface area contributed by atoms with Crippen LogP contribution in [0.25, 0.3) is 10.8 Å². The topological polar surface area (TPSA) is 116 Å². The molecule has 0 radical (unpaired) electrons. The molecule has 2 atom stereocenters. The Bertz CT molecular complexity index is 1830. The molecule has 1 saturated heterocycles. The Morgan fingerprint density at radius 1 is 0.960 bits per heavy atom. The number of esters is 2. The maximum atomic E-state index is 13.9. The van der Waals surface area contributed by atoms with Crippen molar-refractivity contribution in [2.24, 2.45) is 0 Å². The van der Waals surface area contributed by atoms with Gasteiger partial charge in [0.05, 0.1) is 40.6 Å². The number of rotatable bonds is 14.